The fourth-order valence-corrected chi connectivity index (χ4v) is 5.19. The van der Waals surface area contributed by atoms with Crippen LogP contribution in [0.25, 0.3) is 0 Å². The number of aromatic carboxylic acids is 1. The Morgan fingerprint density at radius 1 is 1.00 bits per heavy atom. The fraction of sp³-hybridized carbons (Fsp3) is 0.207. The molecule has 1 fully saturated rings. The summed E-state index contributed by atoms with van der Waals surface area (Å²) in [5.74, 6) is -0.480. The van der Waals surface area contributed by atoms with E-state index in [0.29, 0.717) is 55.2 Å². The van der Waals surface area contributed by atoms with Gasteiger partial charge in [0, 0.05) is 23.5 Å². The Balaban J connectivity index is 1.31. The molecule has 0 spiro atoms. The molecule has 1 aliphatic carbocycles. The third kappa shape index (κ3) is 5.91. The number of hydrogen-bond donors (Lipinski definition) is 3. The van der Waals surface area contributed by atoms with Crippen LogP contribution >= 0.6 is 34.8 Å². The van der Waals surface area contributed by atoms with Gasteiger partial charge in [-0.2, -0.15) is 0 Å². The van der Waals surface area contributed by atoms with Crippen molar-refractivity contribution in [3.8, 4) is 5.75 Å². The number of carboxylic acids is 1. The standard InChI is InChI=1S/C29H23Cl3N2O5/c30-21-5-2-6-22(31)26(21)27(33)20(28(35)15-7-8-15)14-38-18-9-10-19(23(32)12-18)24-13-25(39-34-24)16-3-1-4-17(11-16)29(36)37/h1-6,9-12,15,25,33,35H,7-8,13-14H2,(H,36,37)/b28-20-,33-27?. The minimum absolute atomic E-state index is 0.00758. The lowest BCUT2D eigenvalue weighted by Crippen LogP contribution is -2.16. The molecule has 1 saturated carbocycles. The van der Waals surface area contributed by atoms with Crippen molar-refractivity contribution in [3.63, 3.8) is 0 Å². The number of benzene rings is 3. The molecule has 1 aliphatic heterocycles. The maximum absolute atomic E-state index is 11.3. The van der Waals surface area contributed by atoms with Gasteiger partial charge in [-0.25, -0.2) is 4.79 Å². The van der Waals surface area contributed by atoms with Crippen LogP contribution in [0.5, 0.6) is 5.75 Å². The lowest BCUT2D eigenvalue weighted by molar-refractivity contribution is 0.0694. The maximum atomic E-state index is 11.3. The summed E-state index contributed by atoms with van der Waals surface area (Å²) in [4.78, 5) is 16.9. The number of aliphatic hydroxyl groups excluding tert-OH is 1. The van der Waals surface area contributed by atoms with Crippen molar-refractivity contribution in [1.29, 1.82) is 5.41 Å². The molecule has 0 bridgehead atoms. The van der Waals surface area contributed by atoms with Crippen LogP contribution in [0.15, 0.2) is 77.2 Å². The molecule has 200 valence electrons. The van der Waals surface area contributed by atoms with Crippen molar-refractivity contribution in [2.75, 3.05) is 6.61 Å². The fourth-order valence-electron chi connectivity index (χ4n) is 4.33. The van der Waals surface area contributed by atoms with E-state index in [0.717, 1.165) is 12.8 Å². The number of nitrogens with zero attached hydrogens (tertiary/aromatic N) is 1. The first kappa shape index (κ1) is 27.1. The molecule has 0 saturated heterocycles. The van der Waals surface area contributed by atoms with Crippen molar-refractivity contribution in [2.45, 2.75) is 25.4 Å². The molecule has 10 heteroatoms. The van der Waals surface area contributed by atoms with Crippen LogP contribution in [0.1, 0.15) is 52.4 Å². The summed E-state index contributed by atoms with van der Waals surface area (Å²) in [5.41, 5.74) is 2.83. The number of aliphatic hydroxyl groups is 1. The number of carbonyl (C=O) groups is 1. The molecule has 3 N–H and O–H groups in total. The number of oxime groups is 1. The molecule has 7 nitrogen and oxygen atoms in total. The lowest BCUT2D eigenvalue weighted by atomic mass is 9.99. The minimum Gasteiger partial charge on any atom is -0.512 e. The van der Waals surface area contributed by atoms with Gasteiger partial charge >= 0.3 is 5.97 Å². The Morgan fingerprint density at radius 3 is 2.38 bits per heavy atom. The highest BCUT2D eigenvalue weighted by Gasteiger charge is 2.31. The van der Waals surface area contributed by atoms with Gasteiger partial charge in [0.05, 0.1) is 37.6 Å². The van der Waals surface area contributed by atoms with E-state index in [1.165, 1.54) is 6.07 Å². The molecule has 3 aromatic rings. The molecule has 5 rings (SSSR count). The zero-order valence-corrected chi connectivity index (χ0v) is 22.7. The first-order valence-corrected chi connectivity index (χ1v) is 13.3. The summed E-state index contributed by atoms with van der Waals surface area (Å²) < 4.78 is 5.96. The van der Waals surface area contributed by atoms with Gasteiger partial charge < -0.3 is 19.8 Å². The summed E-state index contributed by atoms with van der Waals surface area (Å²) in [6, 6.07) is 16.7. The molecule has 1 atom stereocenters. The number of allylic oxidation sites excluding steroid dienone is 1. The van der Waals surface area contributed by atoms with E-state index in [4.69, 9.17) is 49.8 Å². The Hall–Kier alpha value is -3.52. The predicted octanol–water partition coefficient (Wildman–Crippen LogP) is 7.88. The van der Waals surface area contributed by atoms with Crippen LogP contribution in [0.2, 0.25) is 15.1 Å². The zero-order valence-electron chi connectivity index (χ0n) is 20.5. The highest BCUT2D eigenvalue weighted by atomic mass is 35.5. The number of rotatable bonds is 9. The van der Waals surface area contributed by atoms with Crippen LogP contribution in [-0.4, -0.2) is 34.2 Å². The van der Waals surface area contributed by atoms with Crippen LogP contribution in [0.3, 0.4) is 0 Å². The SMILES string of the molecule is N=C(/C(COc1ccc(C2=NOC(c3cccc(C(=O)O)c3)C2)c(Cl)c1)=C(\O)C1CC1)c1c(Cl)cccc1Cl. The highest BCUT2D eigenvalue weighted by Crippen LogP contribution is 2.39. The average Bonchev–Trinajstić information content (AvgIpc) is 3.65. The van der Waals surface area contributed by atoms with Crippen molar-refractivity contribution in [1.82, 2.24) is 0 Å². The number of halogens is 3. The van der Waals surface area contributed by atoms with E-state index in [2.05, 4.69) is 5.16 Å². The third-order valence-electron chi connectivity index (χ3n) is 6.60. The van der Waals surface area contributed by atoms with Gasteiger partial charge in [-0.3, -0.25) is 5.41 Å². The van der Waals surface area contributed by atoms with E-state index < -0.39 is 12.1 Å². The van der Waals surface area contributed by atoms with E-state index in [9.17, 15) is 15.0 Å². The van der Waals surface area contributed by atoms with Crippen molar-refractivity contribution >= 4 is 52.2 Å². The van der Waals surface area contributed by atoms with Gasteiger partial charge in [0.25, 0.3) is 0 Å². The first-order chi connectivity index (χ1) is 18.7. The van der Waals surface area contributed by atoms with Gasteiger partial charge in [0.2, 0.25) is 0 Å². The summed E-state index contributed by atoms with van der Waals surface area (Å²) in [6.07, 6.45) is 1.67. The predicted molar refractivity (Wildman–Crippen MR) is 151 cm³/mol. The van der Waals surface area contributed by atoms with Crippen LogP contribution in [0, 0.1) is 11.3 Å². The molecular weight excluding hydrogens is 563 g/mol. The van der Waals surface area contributed by atoms with Gasteiger partial charge in [0.15, 0.2) is 6.10 Å². The van der Waals surface area contributed by atoms with Crippen molar-refractivity contribution in [2.24, 2.45) is 11.1 Å². The van der Waals surface area contributed by atoms with Gasteiger partial charge in [-0.15, -0.1) is 0 Å². The number of nitrogens with one attached hydrogen (secondary N) is 1. The monoisotopic (exact) mass is 584 g/mol. The molecule has 0 radical (unpaired) electrons. The normalized spacial score (nSPS) is 17.2. The molecular formula is C29H23Cl3N2O5. The molecule has 39 heavy (non-hydrogen) atoms. The second kappa shape index (κ2) is 11.3. The molecule has 0 aromatic heterocycles. The molecule has 1 unspecified atom stereocenters. The number of hydrogen-bond acceptors (Lipinski definition) is 6. The van der Waals surface area contributed by atoms with Crippen LogP contribution in [-0.2, 0) is 4.84 Å². The van der Waals surface area contributed by atoms with Gasteiger partial charge in [0.1, 0.15) is 18.1 Å². The zero-order chi connectivity index (χ0) is 27.7. The quantitative estimate of drug-likeness (QED) is 0.175. The van der Waals surface area contributed by atoms with Gasteiger partial charge in [-0.1, -0.05) is 58.2 Å². The molecule has 1 heterocycles. The maximum Gasteiger partial charge on any atom is 0.335 e. The second-order valence-corrected chi connectivity index (χ2v) is 10.5. The minimum atomic E-state index is -1.01. The Labute approximate surface area is 239 Å². The average molecular weight is 586 g/mol. The number of carboxylic acid groups (broad SMARTS) is 1. The van der Waals surface area contributed by atoms with Crippen LogP contribution in [0.4, 0.5) is 0 Å². The first-order valence-electron chi connectivity index (χ1n) is 12.2. The molecule has 0 amide bonds. The van der Waals surface area contributed by atoms with E-state index in [-0.39, 0.29) is 29.6 Å². The Bertz CT molecular complexity index is 1510. The van der Waals surface area contributed by atoms with E-state index in [1.807, 2.05) is 0 Å². The Morgan fingerprint density at radius 2 is 1.72 bits per heavy atom. The second-order valence-electron chi connectivity index (χ2n) is 9.31. The van der Waals surface area contributed by atoms with Crippen LogP contribution < -0.4 is 4.74 Å². The van der Waals surface area contributed by atoms with Gasteiger partial charge in [-0.05, 0) is 60.9 Å². The summed E-state index contributed by atoms with van der Waals surface area (Å²) >= 11 is 19.2. The topological polar surface area (TPSA) is 112 Å². The number of ether oxygens (including phenoxy) is 1. The summed E-state index contributed by atoms with van der Waals surface area (Å²) in [6.45, 7) is -0.0789. The molecule has 2 aliphatic rings. The highest BCUT2D eigenvalue weighted by molar-refractivity contribution is 6.41. The lowest BCUT2D eigenvalue weighted by Gasteiger charge is -2.16. The molecule has 3 aromatic carbocycles. The summed E-state index contributed by atoms with van der Waals surface area (Å²) in [7, 11) is 0. The smallest absolute Gasteiger partial charge is 0.335 e. The largest absolute Gasteiger partial charge is 0.512 e. The summed E-state index contributed by atoms with van der Waals surface area (Å²) in [5, 5.41) is 34.0. The van der Waals surface area contributed by atoms with E-state index >= 15 is 0 Å². The van der Waals surface area contributed by atoms with E-state index in [1.54, 1.807) is 54.6 Å². The third-order valence-corrected chi connectivity index (χ3v) is 7.54. The van der Waals surface area contributed by atoms with Crippen molar-refractivity contribution in [3.05, 3.63) is 109 Å². The van der Waals surface area contributed by atoms with Crippen molar-refractivity contribution < 1.29 is 24.6 Å². The Kier molecular flexibility index (Phi) is 7.84.